The molecule has 3 aromatic rings. The van der Waals surface area contributed by atoms with Gasteiger partial charge in [-0.05, 0) is 72.4 Å². The molecule has 5 rings (SSSR count). The topological polar surface area (TPSA) is 49.4 Å². The SMILES string of the molecule is O=C(c1ccccc1)N1CCc2ccc(NC(=O)C3(c4ccc(Cl)cc4)CCCC3)cc2C1. The number of benzene rings is 3. The predicted octanol–water partition coefficient (Wildman–Crippen LogP) is 5.99. The number of nitrogens with one attached hydrogen (secondary N) is 1. The fourth-order valence-electron chi connectivity index (χ4n) is 5.22. The van der Waals surface area contributed by atoms with Crippen LogP contribution in [0.5, 0.6) is 0 Å². The molecule has 5 heteroatoms. The molecule has 0 unspecified atom stereocenters. The summed E-state index contributed by atoms with van der Waals surface area (Å²) in [5.74, 6) is 0.0821. The predicted molar refractivity (Wildman–Crippen MR) is 132 cm³/mol. The van der Waals surface area contributed by atoms with Crippen LogP contribution in [0, 0.1) is 0 Å². The first-order valence-electron chi connectivity index (χ1n) is 11.6. The van der Waals surface area contributed by atoms with Crippen molar-refractivity contribution < 1.29 is 9.59 Å². The third kappa shape index (κ3) is 4.28. The van der Waals surface area contributed by atoms with Crippen molar-refractivity contribution in [2.24, 2.45) is 0 Å². The summed E-state index contributed by atoms with van der Waals surface area (Å²) in [6, 6.07) is 23.2. The molecule has 0 bridgehead atoms. The second-order valence-corrected chi connectivity index (χ2v) is 9.51. The van der Waals surface area contributed by atoms with Gasteiger partial charge in [-0.1, -0.05) is 60.8 Å². The zero-order valence-corrected chi connectivity index (χ0v) is 19.3. The summed E-state index contributed by atoms with van der Waals surface area (Å²) in [6.45, 7) is 1.25. The maximum atomic E-state index is 13.5. The molecule has 4 nitrogen and oxygen atoms in total. The highest BCUT2D eigenvalue weighted by atomic mass is 35.5. The Morgan fingerprint density at radius 1 is 0.879 bits per heavy atom. The fourth-order valence-corrected chi connectivity index (χ4v) is 5.34. The maximum Gasteiger partial charge on any atom is 0.254 e. The Bertz CT molecular complexity index is 1170. The highest BCUT2D eigenvalue weighted by Gasteiger charge is 2.42. The van der Waals surface area contributed by atoms with E-state index in [2.05, 4.69) is 11.4 Å². The fraction of sp³-hybridized carbons (Fsp3) is 0.286. The van der Waals surface area contributed by atoms with Crippen molar-refractivity contribution in [1.82, 2.24) is 4.90 Å². The van der Waals surface area contributed by atoms with Crippen molar-refractivity contribution in [3.8, 4) is 0 Å². The molecule has 0 saturated heterocycles. The lowest BCUT2D eigenvalue weighted by molar-refractivity contribution is -0.121. The molecule has 1 aliphatic heterocycles. The van der Waals surface area contributed by atoms with Gasteiger partial charge in [-0.15, -0.1) is 0 Å². The third-order valence-corrected chi connectivity index (χ3v) is 7.32. The number of carbonyl (C=O) groups is 2. The van der Waals surface area contributed by atoms with E-state index in [1.807, 2.05) is 71.6 Å². The maximum absolute atomic E-state index is 13.5. The second-order valence-electron chi connectivity index (χ2n) is 9.08. The van der Waals surface area contributed by atoms with Crippen molar-refractivity contribution in [1.29, 1.82) is 0 Å². The van der Waals surface area contributed by atoms with Crippen molar-refractivity contribution in [3.05, 3.63) is 100 Å². The average Bonchev–Trinajstić information content (AvgIpc) is 3.35. The minimum atomic E-state index is -0.518. The number of hydrogen-bond donors (Lipinski definition) is 1. The summed E-state index contributed by atoms with van der Waals surface area (Å²) in [5.41, 5.74) is 4.33. The Morgan fingerprint density at radius 3 is 2.33 bits per heavy atom. The molecule has 2 amide bonds. The van der Waals surface area contributed by atoms with Gasteiger partial charge in [-0.2, -0.15) is 0 Å². The number of fused-ring (bicyclic) bond motifs is 1. The molecule has 3 aromatic carbocycles. The first kappa shape index (κ1) is 21.7. The van der Waals surface area contributed by atoms with Gasteiger partial charge < -0.3 is 10.2 Å². The van der Waals surface area contributed by atoms with Gasteiger partial charge in [0.25, 0.3) is 5.91 Å². The number of halogens is 1. The Labute approximate surface area is 199 Å². The van der Waals surface area contributed by atoms with Crippen molar-refractivity contribution in [2.45, 2.75) is 44.1 Å². The van der Waals surface area contributed by atoms with E-state index >= 15 is 0 Å². The van der Waals surface area contributed by atoms with E-state index in [1.165, 1.54) is 5.56 Å². The Balaban J connectivity index is 1.35. The molecule has 0 aromatic heterocycles. The highest BCUT2D eigenvalue weighted by molar-refractivity contribution is 6.30. The minimum Gasteiger partial charge on any atom is -0.334 e. The summed E-state index contributed by atoms with van der Waals surface area (Å²) in [7, 11) is 0. The molecule has 2 aliphatic rings. The van der Waals surface area contributed by atoms with Crippen LogP contribution in [0.15, 0.2) is 72.8 Å². The van der Waals surface area contributed by atoms with Crippen LogP contribution >= 0.6 is 11.6 Å². The smallest absolute Gasteiger partial charge is 0.254 e. The molecule has 33 heavy (non-hydrogen) atoms. The Kier molecular flexibility index (Phi) is 5.94. The van der Waals surface area contributed by atoms with Gasteiger partial charge in [0.1, 0.15) is 0 Å². The first-order chi connectivity index (χ1) is 16.0. The first-order valence-corrected chi connectivity index (χ1v) is 12.0. The summed E-state index contributed by atoms with van der Waals surface area (Å²) in [4.78, 5) is 28.3. The van der Waals surface area contributed by atoms with E-state index in [9.17, 15) is 9.59 Å². The van der Waals surface area contributed by atoms with Crippen LogP contribution in [-0.4, -0.2) is 23.3 Å². The molecule has 1 fully saturated rings. The quantitative estimate of drug-likeness (QED) is 0.522. The summed E-state index contributed by atoms with van der Waals surface area (Å²) >= 11 is 6.09. The lowest BCUT2D eigenvalue weighted by Gasteiger charge is -2.30. The number of anilines is 1. The molecule has 0 atom stereocenters. The van der Waals surface area contributed by atoms with Gasteiger partial charge >= 0.3 is 0 Å². The van der Waals surface area contributed by atoms with Crippen LogP contribution in [0.2, 0.25) is 5.02 Å². The van der Waals surface area contributed by atoms with E-state index in [0.29, 0.717) is 23.7 Å². The summed E-state index contributed by atoms with van der Waals surface area (Å²) in [5, 5.41) is 3.87. The zero-order chi connectivity index (χ0) is 22.8. The molecule has 168 valence electrons. The number of rotatable bonds is 4. The van der Waals surface area contributed by atoms with Gasteiger partial charge in [-0.3, -0.25) is 9.59 Å². The number of nitrogens with zero attached hydrogens (tertiary/aromatic N) is 1. The van der Waals surface area contributed by atoms with Crippen LogP contribution in [0.25, 0.3) is 0 Å². The van der Waals surface area contributed by atoms with E-state index in [4.69, 9.17) is 11.6 Å². The number of amides is 2. The normalized spacial score (nSPS) is 16.8. The van der Waals surface area contributed by atoms with E-state index in [1.54, 1.807) is 0 Å². The van der Waals surface area contributed by atoms with Crippen LogP contribution < -0.4 is 5.32 Å². The third-order valence-electron chi connectivity index (χ3n) is 7.07. The van der Waals surface area contributed by atoms with Crippen molar-refractivity contribution in [3.63, 3.8) is 0 Å². The molecular formula is C28H27ClN2O2. The van der Waals surface area contributed by atoms with E-state index in [-0.39, 0.29) is 11.8 Å². The lowest BCUT2D eigenvalue weighted by atomic mass is 9.78. The van der Waals surface area contributed by atoms with Crippen molar-refractivity contribution >= 4 is 29.1 Å². The standard InChI is InChI=1S/C28H27ClN2O2/c29-24-11-9-23(10-12-24)28(15-4-5-16-28)27(33)30-25-13-8-20-14-17-31(19-22(20)18-25)26(32)21-6-2-1-3-7-21/h1-3,6-13,18H,4-5,14-17,19H2,(H,30,33). The molecule has 1 saturated carbocycles. The van der Waals surface area contributed by atoms with Crippen LogP contribution in [0.4, 0.5) is 5.69 Å². The molecule has 0 radical (unpaired) electrons. The van der Waals surface area contributed by atoms with E-state index in [0.717, 1.165) is 48.9 Å². The van der Waals surface area contributed by atoms with E-state index < -0.39 is 5.41 Å². The van der Waals surface area contributed by atoms with Gasteiger partial charge in [0, 0.05) is 29.4 Å². The monoisotopic (exact) mass is 458 g/mol. The lowest BCUT2D eigenvalue weighted by Crippen LogP contribution is -2.38. The summed E-state index contributed by atoms with van der Waals surface area (Å²) in [6.07, 6.45) is 4.57. The molecule has 1 heterocycles. The molecule has 1 aliphatic carbocycles. The Morgan fingerprint density at radius 2 is 1.61 bits per heavy atom. The number of carbonyl (C=O) groups excluding carboxylic acids is 2. The minimum absolute atomic E-state index is 0.0373. The van der Waals surface area contributed by atoms with Gasteiger partial charge in [0.05, 0.1) is 5.41 Å². The number of hydrogen-bond acceptors (Lipinski definition) is 2. The van der Waals surface area contributed by atoms with Crippen LogP contribution in [-0.2, 0) is 23.2 Å². The van der Waals surface area contributed by atoms with Gasteiger partial charge in [-0.25, -0.2) is 0 Å². The van der Waals surface area contributed by atoms with Crippen molar-refractivity contribution in [2.75, 3.05) is 11.9 Å². The average molecular weight is 459 g/mol. The largest absolute Gasteiger partial charge is 0.334 e. The Hall–Kier alpha value is -3.11. The molecule has 0 spiro atoms. The molecular weight excluding hydrogens is 432 g/mol. The van der Waals surface area contributed by atoms with Crippen LogP contribution in [0.1, 0.15) is 52.7 Å². The van der Waals surface area contributed by atoms with Gasteiger partial charge in [0.2, 0.25) is 5.91 Å². The highest BCUT2D eigenvalue weighted by Crippen LogP contribution is 2.42. The van der Waals surface area contributed by atoms with Gasteiger partial charge in [0.15, 0.2) is 0 Å². The zero-order valence-electron chi connectivity index (χ0n) is 18.5. The molecule has 1 N–H and O–H groups in total. The second kappa shape index (κ2) is 9.03. The van der Waals surface area contributed by atoms with Crippen LogP contribution in [0.3, 0.4) is 0 Å². The summed E-state index contributed by atoms with van der Waals surface area (Å²) < 4.78 is 0.